The molecule has 0 N–H and O–H groups in total. The number of hydrogen-bond donors (Lipinski definition) is 0. The molecule has 0 atom stereocenters. The van der Waals surface area contributed by atoms with Gasteiger partial charge in [0.15, 0.2) is 0 Å². The van der Waals surface area contributed by atoms with Crippen LogP contribution in [0.2, 0.25) is 0 Å². The van der Waals surface area contributed by atoms with E-state index >= 15 is 0 Å². The number of rotatable bonds is 13. The number of benzene rings is 4. The molecular formula is C43H42N4OPt. The molecule has 0 bridgehead atoms. The molecule has 0 saturated heterocycles. The summed E-state index contributed by atoms with van der Waals surface area (Å²) in [5, 5.41) is 7.55. The van der Waals surface area contributed by atoms with Crippen molar-refractivity contribution >= 4 is 21.8 Å². The first kappa shape index (κ1) is 34.4. The van der Waals surface area contributed by atoms with E-state index in [0.717, 1.165) is 70.3 Å². The maximum absolute atomic E-state index is 6.51. The molecule has 3 heterocycles. The molecule has 0 radical (unpaired) electrons. The molecule has 0 saturated carbocycles. The number of nitrogens with zero attached hydrogens (tertiary/aromatic N) is 4. The zero-order chi connectivity index (χ0) is 32.9. The summed E-state index contributed by atoms with van der Waals surface area (Å²) in [7, 11) is 0. The van der Waals surface area contributed by atoms with Crippen molar-refractivity contribution in [1.29, 1.82) is 0 Å². The van der Waals surface area contributed by atoms with Gasteiger partial charge in [-0.25, -0.2) is 4.98 Å². The van der Waals surface area contributed by atoms with Crippen molar-refractivity contribution in [3.63, 3.8) is 0 Å². The Morgan fingerprint density at radius 1 is 0.714 bits per heavy atom. The summed E-state index contributed by atoms with van der Waals surface area (Å²) in [5.41, 5.74) is 8.98. The van der Waals surface area contributed by atoms with Crippen molar-refractivity contribution in [2.45, 2.75) is 72.1 Å². The normalized spacial score (nSPS) is 11.2. The van der Waals surface area contributed by atoms with Gasteiger partial charge in [0, 0.05) is 34.5 Å². The summed E-state index contributed by atoms with van der Waals surface area (Å²) in [5.74, 6) is 2.12. The smallest absolute Gasteiger partial charge is 0.509 e. The molecule has 0 unspecified atom stereocenters. The van der Waals surface area contributed by atoms with Crippen LogP contribution in [0.4, 0.5) is 0 Å². The minimum Gasteiger partial charge on any atom is -0.509 e. The molecular weight excluding hydrogens is 784 g/mol. The van der Waals surface area contributed by atoms with Crippen LogP contribution in [0.15, 0.2) is 103 Å². The fourth-order valence-corrected chi connectivity index (χ4v) is 6.68. The van der Waals surface area contributed by atoms with Gasteiger partial charge in [-0.2, -0.15) is 17.2 Å². The second kappa shape index (κ2) is 15.8. The summed E-state index contributed by atoms with van der Waals surface area (Å²) >= 11 is 0. The molecule has 6 heteroatoms. The van der Waals surface area contributed by atoms with E-state index in [1.54, 1.807) is 0 Å². The van der Waals surface area contributed by atoms with Gasteiger partial charge in [-0.3, -0.25) is 4.68 Å². The van der Waals surface area contributed by atoms with E-state index < -0.39 is 0 Å². The first-order valence-electron chi connectivity index (χ1n) is 17.4. The Morgan fingerprint density at radius 2 is 1.47 bits per heavy atom. The Balaban J connectivity index is 0.00000417. The second-order valence-electron chi connectivity index (χ2n) is 12.6. The third-order valence-electron chi connectivity index (χ3n) is 9.04. The van der Waals surface area contributed by atoms with Crippen LogP contribution in [0, 0.1) is 19.1 Å². The maximum atomic E-state index is 6.51. The largest absolute Gasteiger partial charge is 2.00 e. The molecule has 5 nitrogen and oxygen atoms in total. The molecule has 0 aliphatic heterocycles. The van der Waals surface area contributed by atoms with Gasteiger partial charge < -0.3 is 9.30 Å². The predicted molar refractivity (Wildman–Crippen MR) is 197 cm³/mol. The number of para-hydroxylation sites is 1. The molecule has 250 valence electrons. The molecule has 7 aromatic rings. The third-order valence-corrected chi connectivity index (χ3v) is 9.04. The molecule has 3 aromatic heterocycles. The Hall–Kier alpha value is -4.47. The van der Waals surface area contributed by atoms with Crippen molar-refractivity contribution < 1.29 is 25.8 Å². The standard InChI is InChI=1S/C43H42N4O.Pt/c1-4-6-9-21-38-43(32-16-11-8-12-17-32)40(23-10-7-5-2)47(45-38)33-18-15-19-34(29-33)48-35-24-25-37-36-20-13-14-22-39(36)46(41(37)30-35)42-28-31(3)26-27-44-42;/h8,11-20,22,24-28H,4-7,9-10,21,23H2,1-3H3;/q-2;+2. The minimum atomic E-state index is 0. The predicted octanol–water partition coefficient (Wildman–Crippen LogP) is 11.2. The Morgan fingerprint density at radius 3 is 2.27 bits per heavy atom. The summed E-state index contributed by atoms with van der Waals surface area (Å²) in [6.45, 7) is 6.60. The fraction of sp³-hybridized carbons (Fsp3) is 0.256. The number of hydrogen-bond acceptors (Lipinski definition) is 3. The van der Waals surface area contributed by atoms with Crippen molar-refractivity contribution in [2.24, 2.45) is 0 Å². The summed E-state index contributed by atoms with van der Waals surface area (Å²) in [4.78, 5) is 4.72. The SMILES string of the molecule is CCCCCc1nn(-c2[c-]c(Oc3[c-]c4c(cc3)c3ccccc3n4-c3cc(C)ccn3)ccc2)c(CCCCC)c1-c1ccccc1.[Pt+2]. The molecule has 7 rings (SSSR count). The van der Waals surface area contributed by atoms with Gasteiger partial charge in [-0.1, -0.05) is 93.6 Å². The van der Waals surface area contributed by atoms with E-state index in [0.29, 0.717) is 11.5 Å². The van der Waals surface area contributed by atoms with Crippen LogP contribution in [0.1, 0.15) is 69.3 Å². The summed E-state index contributed by atoms with van der Waals surface area (Å²) < 4.78 is 10.8. The molecule has 0 amide bonds. The van der Waals surface area contributed by atoms with E-state index in [1.165, 1.54) is 42.5 Å². The zero-order valence-electron chi connectivity index (χ0n) is 28.5. The van der Waals surface area contributed by atoms with Crippen LogP contribution in [0.3, 0.4) is 0 Å². The molecule has 0 spiro atoms. The van der Waals surface area contributed by atoms with Crippen LogP contribution in [0.25, 0.3) is 44.4 Å². The number of unbranched alkanes of at least 4 members (excludes halogenated alkanes) is 4. The van der Waals surface area contributed by atoms with Gasteiger partial charge in [0.2, 0.25) is 0 Å². The van der Waals surface area contributed by atoms with E-state index in [-0.39, 0.29) is 21.1 Å². The van der Waals surface area contributed by atoms with E-state index in [1.807, 2.05) is 30.5 Å². The first-order chi connectivity index (χ1) is 23.6. The summed E-state index contributed by atoms with van der Waals surface area (Å²) in [6, 6.07) is 40.6. The number of aryl methyl sites for hydroxylation is 2. The van der Waals surface area contributed by atoms with Crippen LogP contribution in [-0.4, -0.2) is 19.3 Å². The average molecular weight is 826 g/mol. The monoisotopic (exact) mass is 825 g/mol. The number of ether oxygens (including phenoxy) is 1. The quantitative estimate of drug-likeness (QED) is 0.0859. The maximum Gasteiger partial charge on any atom is 2.00 e. The van der Waals surface area contributed by atoms with Gasteiger partial charge >= 0.3 is 21.1 Å². The van der Waals surface area contributed by atoms with E-state index in [2.05, 4.69) is 115 Å². The van der Waals surface area contributed by atoms with Crippen LogP contribution < -0.4 is 4.74 Å². The van der Waals surface area contributed by atoms with E-state index in [4.69, 9.17) is 14.8 Å². The number of fused-ring (bicyclic) bond motifs is 3. The first-order valence-corrected chi connectivity index (χ1v) is 17.4. The van der Waals surface area contributed by atoms with Gasteiger partial charge in [-0.15, -0.1) is 35.7 Å². The average Bonchev–Trinajstić information content (AvgIpc) is 3.64. The van der Waals surface area contributed by atoms with E-state index in [9.17, 15) is 0 Å². The van der Waals surface area contributed by atoms with Gasteiger partial charge in [0.1, 0.15) is 5.82 Å². The molecule has 0 aliphatic rings. The Labute approximate surface area is 304 Å². The van der Waals surface area contributed by atoms with Crippen LogP contribution in [0.5, 0.6) is 11.5 Å². The topological polar surface area (TPSA) is 44.9 Å². The Kier molecular flexibility index (Phi) is 11.1. The van der Waals surface area contributed by atoms with Gasteiger partial charge in [0.25, 0.3) is 0 Å². The summed E-state index contributed by atoms with van der Waals surface area (Å²) in [6.07, 6.45) is 10.8. The van der Waals surface area contributed by atoms with Crippen molar-refractivity contribution in [3.05, 3.63) is 132 Å². The molecule has 0 fully saturated rings. The van der Waals surface area contributed by atoms with Crippen LogP contribution >= 0.6 is 0 Å². The van der Waals surface area contributed by atoms with Crippen molar-refractivity contribution in [3.8, 4) is 34.1 Å². The van der Waals surface area contributed by atoms with Gasteiger partial charge in [0.05, 0.1) is 5.69 Å². The van der Waals surface area contributed by atoms with Crippen LogP contribution in [-0.2, 0) is 33.9 Å². The van der Waals surface area contributed by atoms with Crippen molar-refractivity contribution in [2.75, 3.05) is 0 Å². The number of pyridine rings is 1. The second-order valence-corrected chi connectivity index (χ2v) is 12.6. The molecule has 49 heavy (non-hydrogen) atoms. The Bertz CT molecular complexity index is 2160. The minimum absolute atomic E-state index is 0. The van der Waals surface area contributed by atoms with Gasteiger partial charge in [-0.05, 0) is 73.0 Å². The molecule has 0 aliphatic carbocycles. The number of aromatic nitrogens is 4. The zero-order valence-corrected chi connectivity index (χ0v) is 30.8. The van der Waals surface area contributed by atoms with Crippen molar-refractivity contribution in [1.82, 2.24) is 19.3 Å². The fourth-order valence-electron chi connectivity index (χ4n) is 6.68. The third kappa shape index (κ3) is 7.28. The molecule has 4 aromatic carbocycles.